The summed E-state index contributed by atoms with van der Waals surface area (Å²) in [5, 5.41) is 6.47. The third-order valence-corrected chi connectivity index (χ3v) is 2.82. The number of carbonyl (C=O) groups is 1. The molecule has 0 saturated heterocycles. The molecule has 0 fully saturated rings. The van der Waals surface area contributed by atoms with Gasteiger partial charge in [0, 0.05) is 18.2 Å². The van der Waals surface area contributed by atoms with Crippen molar-refractivity contribution in [3.8, 4) is 0 Å². The van der Waals surface area contributed by atoms with Crippen molar-refractivity contribution < 1.29 is 4.79 Å². The van der Waals surface area contributed by atoms with Crippen LogP contribution < -0.4 is 16.4 Å². The number of aliphatic imine (C=N–C) groups is 1. The van der Waals surface area contributed by atoms with E-state index in [1.165, 1.54) is 0 Å². The maximum absolute atomic E-state index is 11.0. The molecule has 0 bridgehead atoms. The third kappa shape index (κ3) is 4.70. The summed E-state index contributed by atoms with van der Waals surface area (Å²) in [6, 6.07) is 7.80. The standard InChI is InChI=1S/C13H18N4O.HI/c1-9-8-16-13(17-9)15-6-5-10-3-2-4-11(7-10)12(14)18;/h2-4,7,9H,5-6,8H2,1H3,(H2,14,18)(H2,15,16,17);1H. The molecule has 1 aromatic carbocycles. The molecule has 0 spiro atoms. The minimum atomic E-state index is -0.388. The van der Waals surface area contributed by atoms with Crippen LogP contribution in [-0.2, 0) is 6.42 Å². The number of benzene rings is 1. The van der Waals surface area contributed by atoms with Crippen molar-refractivity contribution in [3.63, 3.8) is 0 Å². The molecule has 19 heavy (non-hydrogen) atoms. The molecule has 104 valence electrons. The van der Waals surface area contributed by atoms with Gasteiger partial charge in [-0.05, 0) is 31.0 Å². The summed E-state index contributed by atoms with van der Waals surface area (Å²) >= 11 is 0. The summed E-state index contributed by atoms with van der Waals surface area (Å²) in [5.41, 5.74) is 6.88. The molecule has 6 heteroatoms. The Balaban J connectivity index is 0.00000180. The van der Waals surface area contributed by atoms with Crippen LogP contribution in [0.2, 0.25) is 0 Å². The maximum atomic E-state index is 11.0. The number of nitrogens with one attached hydrogen (secondary N) is 2. The van der Waals surface area contributed by atoms with Crippen LogP contribution in [0.15, 0.2) is 29.3 Å². The van der Waals surface area contributed by atoms with Gasteiger partial charge in [-0.1, -0.05) is 12.1 Å². The lowest BCUT2D eigenvalue weighted by molar-refractivity contribution is 0.1000. The molecule has 1 aliphatic rings. The fraction of sp³-hybridized carbons (Fsp3) is 0.385. The van der Waals surface area contributed by atoms with Gasteiger partial charge in [-0.25, -0.2) is 0 Å². The minimum Gasteiger partial charge on any atom is -0.366 e. The summed E-state index contributed by atoms with van der Waals surface area (Å²) < 4.78 is 0. The van der Waals surface area contributed by atoms with Crippen molar-refractivity contribution in [2.75, 3.05) is 13.1 Å². The number of hydrogen-bond acceptors (Lipinski definition) is 4. The lowest BCUT2D eigenvalue weighted by Gasteiger charge is -2.09. The van der Waals surface area contributed by atoms with Gasteiger partial charge in [0.1, 0.15) is 0 Å². The lowest BCUT2D eigenvalue weighted by atomic mass is 10.1. The maximum Gasteiger partial charge on any atom is 0.248 e. The first-order chi connectivity index (χ1) is 8.65. The van der Waals surface area contributed by atoms with Crippen LogP contribution in [0.4, 0.5) is 0 Å². The summed E-state index contributed by atoms with van der Waals surface area (Å²) in [5.74, 6) is 0.467. The van der Waals surface area contributed by atoms with Gasteiger partial charge in [0.05, 0.1) is 6.54 Å². The van der Waals surface area contributed by atoms with Crippen LogP contribution in [0.25, 0.3) is 0 Å². The van der Waals surface area contributed by atoms with Gasteiger partial charge in [0.15, 0.2) is 5.96 Å². The van der Waals surface area contributed by atoms with Crippen LogP contribution >= 0.6 is 24.0 Å². The van der Waals surface area contributed by atoms with E-state index in [2.05, 4.69) is 22.5 Å². The van der Waals surface area contributed by atoms with Gasteiger partial charge in [-0.15, -0.1) is 24.0 Å². The van der Waals surface area contributed by atoms with Crippen LogP contribution in [0, 0.1) is 0 Å². The van der Waals surface area contributed by atoms with Crippen LogP contribution in [-0.4, -0.2) is 31.0 Å². The summed E-state index contributed by atoms with van der Waals surface area (Å²) in [6.07, 6.45) is 0.830. The Morgan fingerprint density at radius 1 is 1.58 bits per heavy atom. The summed E-state index contributed by atoms with van der Waals surface area (Å²) in [6.45, 7) is 3.69. The van der Waals surface area contributed by atoms with Crippen molar-refractivity contribution in [2.45, 2.75) is 19.4 Å². The van der Waals surface area contributed by atoms with Crippen molar-refractivity contribution in [3.05, 3.63) is 35.4 Å². The fourth-order valence-corrected chi connectivity index (χ4v) is 1.87. The number of carbonyl (C=O) groups excluding carboxylic acids is 1. The van der Waals surface area contributed by atoms with E-state index in [9.17, 15) is 4.79 Å². The Labute approximate surface area is 130 Å². The molecule has 1 heterocycles. The van der Waals surface area contributed by atoms with Gasteiger partial charge in [-0.2, -0.15) is 0 Å². The second-order valence-electron chi connectivity index (χ2n) is 4.48. The van der Waals surface area contributed by atoms with Gasteiger partial charge < -0.3 is 16.4 Å². The number of amides is 1. The first-order valence-electron chi connectivity index (χ1n) is 6.09. The van der Waals surface area contributed by atoms with E-state index in [-0.39, 0.29) is 29.9 Å². The van der Waals surface area contributed by atoms with Crippen LogP contribution in [0.5, 0.6) is 0 Å². The van der Waals surface area contributed by atoms with E-state index in [1.54, 1.807) is 6.07 Å². The highest BCUT2D eigenvalue weighted by Gasteiger charge is 2.11. The Morgan fingerprint density at radius 2 is 2.37 bits per heavy atom. The SMILES string of the molecule is CC1CN=C(NCCc2cccc(C(N)=O)c2)N1.I. The predicted octanol–water partition coefficient (Wildman–Crippen LogP) is 0.883. The zero-order valence-corrected chi connectivity index (χ0v) is 13.2. The van der Waals surface area contributed by atoms with Gasteiger partial charge in [0.25, 0.3) is 0 Å². The normalized spacial score (nSPS) is 17.1. The lowest BCUT2D eigenvalue weighted by Crippen LogP contribution is -2.38. The number of guanidine groups is 1. The third-order valence-electron chi connectivity index (χ3n) is 2.82. The first kappa shape index (κ1) is 15.7. The fourth-order valence-electron chi connectivity index (χ4n) is 1.87. The molecule has 1 unspecified atom stereocenters. The van der Waals surface area contributed by atoms with Gasteiger partial charge >= 0.3 is 0 Å². The summed E-state index contributed by atoms with van der Waals surface area (Å²) in [7, 11) is 0. The Hall–Kier alpha value is -1.31. The second kappa shape index (κ2) is 7.32. The average Bonchev–Trinajstić information content (AvgIpc) is 2.75. The van der Waals surface area contributed by atoms with E-state index in [1.807, 2.05) is 18.2 Å². The van der Waals surface area contributed by atoms with Crippen molar-refractivity contribution in [2.24, 2.45) is 10.7 Å². The van der Waals surface area contributed by atoms with Crippen LogP contribution in [0.3, 0.4) is 0 Å². The smallest absolute Gasteiger partial charge is 0.248 e. The largest absolute Gasteiger partial charge is 0.366 e. The quantitative estimate of drug-likeness (QED) is 0.685. The topological polar surface area (TPSA) is 79.5 Å². The number of nitrogens with zero attached hydrogens (tertiary/aromatic N) is 1. The molecule has 1 atom stereocenters. The average molecular weight is 374 g/mol. The number of hydrogen-bond donors (Lipinski definition) is 3. The number of primary amides is 1. The molecule has 1 amide bonds. The minimum absolute atomic E-state index is 0. The van der Waals surface area contributed by atoms with Crippen LogP contribution in [0.1, 0.15) is 22.8 Å². The second-order valence-corrected chi connectivity index (χ2v) is 4.48. The van der Waals surface area contributed by atoms with E-state index in [0.717, 1.165) is 31.0 Å². The monoisotopic (exact) mass is 374 g/mol. The molecule has 1 aromatic rings. The molecular weight excluding hydrogens is 355 g/mol. The Morgan fingerprint density at radius 3 is 3.00 bits per heavy atom. The van der Waals surface area contributed by atoms with E-state index in [4.69, 9.17) is 5.73 Å². The first-order valence-corrected chi connectivity index (χ1v) is 6.09. The molecule has 4 N–H and O–H groups in total. The summed E-state index contributed by atoms with van der Waals surface area (Å²) in [4.78, 5) is 15.4. The molecule has 0 radical (unpaired) electrons. The Kier molecular flexibility index (Phi) is 6.07. The van der Waals surface area contributed by atoms with E-state index in [0.29, 0.717) is 11.6 Å². The highest BCUT2D eigenvalue weighted by Crippen LogP contribution is 2.05. The van der Waals surface area contributed by atoms with Crippen molar-refractivity contribution in [1.29, 1.82) is 0 Å². The number of halogens is 1. The highest BCUT2D eigenvalue weighted by molar-refractivity contribution is 14.0. The van der Waals surface area contributed by atoms with Gasteiger partial charge in [-0.3, -0.25) is 9.79 Å². The van der Waals surface area contributed by atoms with E-state index < -0.39 is 0 Å². The Bertz CT molecular complexity index is 475. The molecule has 0 aliphatic carbocycles. The molecule has 2 rings (SSSR count). The molecule has 0 saturated carbocycles. The van der Waals surface area contributed by atoms with Crippen molar-refractivity contribution >= 4 is 35.8 Å². The molecule has 0 aromatic heterocycles. The molecule has 5 nitrogen and oxygen atoms in total. The zero-order valence-electron chi connectivity index (χ0n) is 10.8. The van der Waals surface area contributed by atoms with E-state index >= 15 is 0 Å². The number of rotatable bonds is 4. The molecular formula is C13H19IN4O. The van der Waals surface area contributed by atoms with Crippen molar-refractivity contribution in [1.82, 2.24) is 10.6 Å². The predicted molar refractivity (Wildman–Crippen MR) is 87.0 cm³/mol. The van der Waals surface area contributed by atoms with Gasteiger partial charge in [0.2, 0.25) is 5.91 Å². The molecule has 1 aliphatic heterocycles. The zero-order chi connectivity index (χ0) is 13.0. The number of nitrogens with two attached hydrogens (primary N) is 1. The highest BCUT2D eigenvalue weighted by atomic mass is 127.